The summed E-state index contributed by atoms with van der Waals surface area (Å²) in [6.45, 7) is 4.29. The van der Waals surface area contributed by atoms with Crippen LogP contribution < -0.4 is 4.74 Å². The van der Waals surface area contributed by atoms with Crippen molar-refractivity contribution in [2.24, 2.45) is 0 Å². The lowest BCUT2D eigenvalue weighted by Gasteiger charge is -2.06. The zero-order chi connectivity index (χ0) is 15.9. The first-order valence-electron chi connectivity index (χ1n) is 6.93. The van der Waals surface area contributed by atoms with Crippen LogP contribution in [0, 0.1) is 0 Å². The van der Waals surface area contributed by atoms with E-state index in [0.29, 0.717) is 27.6 Å². The van der Waals surface area contributed by atoms with Crippen molar-refractivity contribution in [3.05, 3.63) is 45.9 Å². The molecule has 0 amide bonds. The van der Waals surface area contributed by atoms with Gasteiger partial charge in [0.15, 0.2) is 11.3 Å². The molecule has 0 aliphatic carbocycles. The van der Waals surface area contributed by atoms with Gasteiger partial charge in [0, 0.05) is 5.56 Å². The van der Waals surface area contributed by atoms with E-state index in [1.165, 1.54) is 12.7 Å². The number of ether oxygens (including phenoxy) is 1. The molecule has 2 aromatic carbocycles. The fourth-order valence-electron chi connectivity index (χ4n) is 2.31. The summed E-state index contributed by atoms with van der Waals surface area (Å²) in [6.07, 6.45) is 0. The van der Waals surface area contributed by atoms with Gasteiger partial charge in [-0.25, -0.2) is 4.98 Å². The summed E-state index contributed by atoms with van der Waals surface area (Å²) in [5, 5.41) is 0.852. The Morgan fingerprint density at radius 3 is 2.36 bits per heavy atom. The lowest BCUT2D eigenvalue weighted by atomic mass is 10.0. The first-order chi connectivity index (χ1) is 10.5. The number of benzene rings is 2. The molecule has 0 unspecified atom stereocenters. The van der Waals surface area contributed by atoms with E-state index >= 15 is 0 Å². The maximum absolute atomic E-state index is 6.17. The van der Waals surface area contributed by atoms with Crippen molar-refractivity contribution < 1.29 is 9.15 Å². The van der Waals surface area contributed by atoms with Gasteiger partial charge in [-0.2, -0.15) is 0 Å². The molecule has 3 rings (SSSR count). The van der Waals surface area contributed by atoms with Crippen LogP contribution in [0.1, 0.15) is 25.3 Å². The maximum Gasteiger partial charge on any atom is 0.227 e. The molecule has 1 heterocycles. The number of oxazole rings is 1. The molecule has 3 nitrogen and oxygen atoms in total. The summed E-state index contributed by atoms with van der Waals surface area (Å²) in [4.78, 5) is 4.54. The SMILES string of the molecule is COc1c(Cl)cc(-c2nc3cc(C(C)C)ccc3o2)cc1Cl. The average molecular weight is 336 g/mol. The molecule has 5 heteroatoms. The third-order valence-corrected chi connectivity index (χ3v) is 4.09. The Morgan fingerprint density at radius 2 is 1.77 bits per heavy atom. The van der Waals surface area contributed by atoms with Crippen LogP contribution in [0.4, 0.5) is 0 Å². The van der Waals surface area contributed by atoms with Gasteiger partial charge in [0.2, 0.25) is 5.89 Å². The molecule has 0 bridgehead atoms. The molecule has 0 spiro atoms. The number of methoxy groups -OCH3 is 1. The van der Waals surface area contributed by atoms with Crippen molar-refractivity contribution in [1.82, 2.24) is 4.98 Å². The highest BCUT2D eigenvalue weighted by Crippen LogP contribution is 2.37. The summed E-state index contributed by atoms with van der Waals surface area (Å²) < 4.78 is 11.0. The normalized spacial score (nSPS) is 11.4. The minimum Gasteiger partial charge on any atom is -0.494 e. The van der Waals surface area contributed by atoms with Crippen molar-refractivity contribution in [1.29, 1.82) is 0 Å². The molecule has 1 aromatic heterocycles. The van der Waals surface area contributed by atoms with E-state index in [9.17, 15) is 0 Å². The van der Waals surface area contributed by atoms with Crippen LogP contribution in [0.3, 0.4) is 0 Å². The van der Waals surface area contributed by atoms with Crippen LogP contribution in [-0.2, 0) is 0 Å². The summed E-state index contributed by atoms with van der Waals surface area (Å²) >= 11 is 12.3. The Morgan fingerprint density at radius 1 is 1.09 bits per heavy atom. The van der Waals surface area contributed by atoms with E-state index in [2.05, 4.69) is 24.9 Å². The van der Waals surface area contributed by atoms with Crippen LogP contribution in [0.15, 0.2) is 34.7 Å². The van der Waals surface area contributed by atoms with Crippen molar-refractivity contribution in [3.8, 4) is 17.2 Å². The van der Waals surface area contributed by atoms with Gasteiger partial charge >= 0.3 is 0 Å². The van der Waals surface area contributed by atoms with Gasteiger partial charge in [0.05, 0.1) is 17.2 Å². The topological polar surface area (TPSA) is 35.3 Å². The summed E-state index contributed by atoms with van der Waals surface area (Å²) in [5.74, 6) is 1.38. The number of fused-ring (bicyclic) bond motifs is 1. The van der Waals surface area contributed by atoms with Crippen LogP contribution in [-0.4, -0.2) is 12.1 Å². The molecule has 0 aliphatic heterocycles. The second-order valence-corrected chi connectivity index (χ2v) is 6.19. The molecule has 22 heavy (non-hydrogen) atoms. The van der Waals surface area contributed by atoms with Crippen LogP contribution in [0.5, 0.6) is 5.75 Å². The first kappa shape index (κ1) is 15.2. The van der Waals surface area contributed by atoms with Gasteiger partial charge in [-0.1, -0.05) is 43.1 Å². The molecular formula is C17H15Cl2NO2. The fourth-order valence-corrected chi connectivity index (χ4v) is 2.95. The minimum absolute atomic E-state index is 0.426. The predicted molar refractivity (Wildman–Crippen MR) is 90.1 cm³/mol. The van der Waals surface area contributed by atoms with E-state index in [1.807, 2.05) is 12.1 Å². The van der Waals surface area contributed by atoms with Crippen LogP contribution >= 0.6 is 23.2 Å². The highest BCUT2D eigenvalue weighted by atomic mass is 35.5. The van der Waals surface area contributed by atoms with E-state index < -0.39 is 0 Å². The Hall–Kier alpha value is -1.71. The lowest BCUT2D eigenvalue weighted by molar-refractivity contribution is 0.415. The van der Waals surface area contributed by atoms with Gasteiger partial charge < -0.3 is 9.15 Å². The van der Waals surface area contributed by atoms with Crippen molar-refractivity contribution in [2.45, 2.75) is 19.8 Å². The average Bonchev–Trinajstić information content (AvgIpc) is 2.89. The van der Waals surface area contributed by atoms with E-state index in [-0.39, 0.29) is 0 Å². The lowest BCUT2D eigenvalue weighted by Crippen LogP contribution is -1.87. The molecular weight excluding hydrogens is 321 g/mol. The van der Waals surface area contributed by atoms with Gasteiger partial charge in [0.25, 0.3) is 0 Å². The van der Waals surface area contributed by atoms with Crippen molar-refractivity contribution >= 4 is 34.3 Å². The smallest absolute Gasteiger partial charge is 0.227 e. The van der Waals surface area contributed by atoms with Crippen molar-refractivity contribution in [3.63, 3.8) is 0 Å². The second-order valence-electron chi connectivity index (χ2n) is 5.37. The highest BCUT2D eigenvalue weighted by molar-refractivity contribution is 6.37. The largest absolute Gasteiger partial charge is 0.494 e. The Kier molecular flexibility index (Phi) is 4.02. The maximum atomic E-state index is 6.17. The highest BCUT2D eigenvalue weighted by Gasteiger charge is 2.14. The van der Waals surface area contributed by atoms with Gasteiger partial charge in [-0.3, -0.25) is 0 Å². The number of hydrogen-bond donors (Lipinski definition) is 0. The first-order valence-corrected chi connectivity index (χ1v) is 7.69. The third kappa shape index (κ3) is 2.67. The minimum atomic E-state index is 0.426. The number of rotatable bonds is 3. The molecule has 0 saturated heterocycles. The summed E-state index contributed by atoms with van der Waals surface area (Å²) in [7, 11) is 1.53. The molecule has 0 N–H and O–H groups in total. The van der Waals surface area contributed by atoms with Gasteiger partial charge in [-0.05, 0) is 35.7 Å². The standard InChI is InChI=1S/C17H15Cl2NO2/c1-9(2)10-4-5-15-14(8-10)20-17(22-15)11-6-12(18)16(21-3)13(19)7-11/h4-9H,1-3H3. The Balaban J connectivity index is 2.10. The zero-order valence-corrected chi connectivity index (χ0v) is 14.0. The fraction of sp³-hybridized carbons (Fsp3) is 0.235. The van der Waals surface area contributed by atoms with E-state index in [1.54, 1.807) is 12.1 Å². The molecule has 114 valence electrons. The molecule has 0 saturated carbocycles. The Labute approximate surface area is 138 Å². The number of halogens is 2. The van der Waals surface area contributed by atoms with Gasteiger partial charge in [-0.15, -0.1) is 0 Å². The summed E-state index contributed by atoms with van der Waals surface area (Å²) in [6, 6.07) is 9.50. The van der Waals surface area contributed by atoms with Crippen LogP contribution in [0.2, 0.25) is 10.0 Å². The third-order valence-electron chi connectivity index (χ3n) is 3.53. The van der Waals surface area contributed by atoms with Crippen LogP contribution in [0.25, 0.3) is 22.6 Å². The van der Waals surface area contributed by atoms with Crippen molar-refractivity contribution in [2.75, 3.05) is 7.11 Å². The number of hydrogen-bond acceptors (Lipinski definition) is 3. The molecule has 0 atom stereocenters. The molecule has 0 fully saturated rings. The number of nitrogens with zero attached hydrogens (tertiary/aromatic N) is 1. The van der Waals surface area contributed by atoms with E-state index in [4.69, 9.17) is 32.4 Å². The second kappa shape index (κ2) is 5.82. The molecule has 0 radical (unpaired) electrons. The van der Waals surface area contributed by atoms with Gasteiger partial charge in [0.1, 0.15) is 5.52 Å². The predicted octanol–water partition coefficient (Wildman–Crippen LogP) is 5.93. The molecule has 0 aliphatic rings. The monoisotopic (exact) mass is 335 g/mol. The van der Waals surface area contributed by atoms with E-state index in [0.717, 1.165) is 16.7 Å². The Bertz CT molecular complexity index is 817. The summed E-state index contributed by atoms with van der Waals surface area (Å²) in [5.41, 5.74) is 3.50. The zero-order valence-electron chi connectivity index (χ0n) is 12.5. The quantitative estimate of drug-likeness (QED) is 0.594. The molecule has 3 aromatic rings. The number of aromatic nitrogens is 1.